The molecule has 0 aliphatic rings. The Kier molecular flexibility index (Phi) is 5.29. The highest BCUT2D eigenvalue weighted by molar-refractivity contribution is 5.88. The molecule has 0 heterocycles. The summed E-state index contributed by atoms with van der Waals surface area (Å²) in [4.78, 5) is 22.1. The van der Waals surface area contributed by atoms with E-state index in [-0.39, 0.29) is 11.3 Å². The SMILES string of the molecule is CC(C)(C)OC(=O)NCC(F)(F)Oc1cccc(C(=O)O)c1. The van der Waals surface area contributed by atoms with Crippen LogP contribution in [-0.2, 0) is 4.74 Å². The van der Waals surface area contributed by atoms with Gasteiger partial charge in [-0.1, -0.05) is 6.07 Å². The summed E-state index contributed by atoms with van der Waals surface area (Å²) in [7, 11) is 0. The molecule has 0 saturated heterocycles. The lowest BCUT2D eigenvalue weighted by molar-refractivity contribution is -0.170. The predicted molar refractivity (Wildman–Crippen MR) is 73.2 cm³/mol. The Hall–Kier alpha value is -2.38. The van der Waals surface area contributed by atoms with Crippen LogP contribution >= 0.6 is 0 Å². The number of nitrogens with one attached hydrogen (secondary N) is 1. The van der Waals surface area contributed by atoms with Crippen molar-refractivity contribution in [3.63, 3.8) is 0 Å². The zero-order chi connectivity index (χ0) is 17.0. The van der Waals surface area contributed by atoms with Crippen LogP contribution in [0.25, 0.3) is 0 Å². The number of carbonyl (C=O) groups is 2. The van der Waals surface area contributed by atoms with Gasteiger partial charge in [0.05, 0.1) is 5.56 Å². The molecule has 0 aliphatic heterocycles. The van der Waals surface area contributed by atoms with Crippen LogP contribution in [0.5, 0.6) is 5.75 Å². The summed E-state index contributed by atoms with van der Waals surface area (Å²) in [6.45, 7) is 3.68. The van der Waals surface area contributed by atoms with Crippen molar-refractivity contribution in [1.82, 2.24) is 5.32 Å². The lowest BCUT2D eigenvalue weighted by Crippen LogP contribution is -2.42. The molecular weight excluding hydrogens is 300 g/mol. The van der Waals surface area contributed by atoms with Crippen molar-refractivity contribution < 1.29 is 33.0 Å². The minimum atomic E-state index is -3.71. The van der Waals surface area contributed by atoms with Crippen molar-refractivity contribution in [1.29, 1.82) is 0 Å². The van der Waals surface area contributed by atoms with E-state index in [1.807, 2.05) is 5.32 Å². The molecule has 0 bridgehead atoms. The van der Waals surface area contributed by atoms with Crippen molar-refractivity contribution in [3.8, 4) is 5.75 Å². The molecule has 1 amide bonds. The van der Waals surface area contributed by atoms with E-state index in [0.717, 1.165) is 6.07 Å². The molecule has 2 N–H and O–H groups in total. The lowest BCUT2D eigenvalue weighted by Gasteiger charge is -2.22. The van der Waals surface area contributed by atoms with Crippen LogP contribution in [0.4, 0.5) is 13.6 Å². The average molecular weight is 317 g/mol. The maximum absolute atomic E-state index is 13.6. The van der Waals surface area contributed by atoms with Crippen LogP contribution in [0.1, 0.15) is 31.1 Å². The van der Waals surface area contributed by atoms with Crippen LogP contribution in [0.15, 0.2) is 24.3 Å². The molecular formula is C14H17F2NO5. The van der Waals surface area contributed by atoms with Crippen LogP contribution < -0.4 is 10.1 Å². The highest BCUT2D eigenvalue weighted by Crippen LogP contribution is 2.22. The molecule has 22 heavy (non-hydrogen) atoms. The second-order valence-electron chi connectivity index (χ2n) is 5.43. The summed E-state index contributed by atoms with van der Waals surface area (Å²) < 4.78 is 36.4. The van der Waals surface area contributed by atoms with Gasteiger partial charge >= 0.3 is 18.2 Å². The van der Waals surface area contributed by atoms with Crippen molar-refractivity contribution in [2.75, 3.05) is 6.54 Å². The van der Waals surface area contributed by atoms with Crippen molar-refractivity contribution >= 4 is 12.1 Å². The molecule has 0 unspecified atom stereocenters. The highest BCUT2D eigenvalue weighted by Gasteiger charge is 2.33. The number of aromatic carboxylic acids is 1. The fourth-order valence-corrected chi connectivity index (χ4v) is 1.39. The quantitative estimate of drug-likeness (QED) is 0.872. The molecule has 0 fully saturated rings. The van der Waals surface area contributed by atoms with Gasteiger partial charge in [0.2, 0.25) is 0 Å². The third-order valence-electron chi connectivity index (χ3n) is 2.19. The van der Waals surface area contributed by atoms with Crippen LogP contribution in [0.2, 0.25) is 0 Å². The van der Waals surface area contributed by atoms with Crippen LogP contribution in [-0.4, -0.2) is 35.4 Å². The second-order valence-corrected chi connectivity index (χ2v) is 5.43. The zero-order valence-electron chi connectivity index (χ0n) is 12.4. The number of carboxylic acids is 1. The Labute approximate surface area is 126 Å². The van der Waals surface area contributed by atoms with Crippen LogP contribution in [0.3, 0.4) is 0 Å². The molecule has 0 radical (unpaired) electrons. The van der Waals surface area contributed by atoms with Gasteiger partial charge < -0.3 is 19.9 Å². The van der Waals surface area contributed by atoms with Gasteiger partial charge in [0.15, 0.2) is 0 Å². The topological polar surface area (TPSA) is 84.9 Å². The third-order valence-corrected chi connectivity index (χ3v) is 2.19. The van der Waals surface area contributed by atoms with Crippen molar-refractivity contribution in [2.45, 2.75) is 32.5 Å². The highest BCUT2D eigenvalue weighted by atomic mass is 19.3. The van der Waals surface area contributed by atoms with Gasteiger partial charge in [0.1, 0.15) is 17.9 Å². The summed E-state index contributed by atoms with van der Waals surface area (Å²) in [5, 5.41) is 10.7. The number of amides is 1. The van der Waals surface area contributed by atoms with Gasteiger partial charge in [0.25, 0.3) is 0 Å². The van der Waals surface area contributed by atoms with Gasteiger partial charge in [0, 0.05) is 0 Å². The predicted octanol–water partition coefficient (Wildman–Crippen LogP) is 2.88. The lowest BCUT2D eigenvalue weighted by atomic mass is 10.2. The van der Waals surface area contributed by atoms with E-state index in [9.17, 15) is 18.4 Å². The van der Waals surface area contributed by atoms with Crippen LogP contribution in [0, 0.1) is 0 Å². The summed E-state index contributed by atoms with van der Waals surface area (Å²) in [6.07, 6.45) is -4.72. The second kappa shape index (κ2) is 6.59. The number of rotatable bonds is 5. The third kappa shape index (κ3) is 6.38. The smallest absolute Gasteiger partial charge is 0.415 e. The Bertz CT molecular complexity index is 554. The molecule has 0 aromatic heterocycles. The molecule has 0 atom stereocenters. The maximum Gasteiger partial charge on any atom is 0.415 e. The Morgan fingerprint density at radius 3 is 2.45 bits per heavy atom. The van der Waals surface area contributed by atoms with Gasteiger partial charge in [-0.15, -0.1) is 0 Å². The number of carboxylic acid groups (broad SMARTS) is 1. The molecule has 0 aliphatic carbocycles. The number of halogens is 2. The van der Waals surface area contributed by atoms with E-state index < -0.39 is 30.3 Å². The molecule has 122 valence electrons. The zero-order valence-corrected chi connectivity index (χ0v) is 12.4. The first-order valence-electron chi connectivity index (χ1n) is 6.35. The fraction of sp³-hybridized carbons (Fsp3) is 0.429. The first kappa shape index (κ1) is 17.7. The first-order valence-corrected chi connectivity index (χ1v) is 6.35. The standard InChI is InChI=1S/C14H17F2NO5/c1-13(2,3)22-12(20)17-8-14(15,16)21-10-6-4-5-9(7-10)11(18)19/h4-7H,8H2,1-3H3,(H,17,20)(H,18,19). The Balaban J connectivity index is 2.62. The van der Waals surface area contributed by atoms with E-state index in [4.69, 9.17) is 9.84 Å². The van der Waals surface area contributed by atoms with Gasteiger partial charge in [-0.3, -0.25) is 0 Å². The first-order chi connectivity index (χ1) is 9.98. The summed E-state index contributed by atoms with van der Waals surface area (Å²) >= 11 is 0. The van der Waals surface area contributed by atoms with E-state index >= 15 is 0 Å². The normalized spacial score (nSPS) is 11.7. The monoisotopic (exact) mass is 317 g/mol. The Morgan fingerprint density at radius 1 is 1.27 bits per heavy atom. The molecule has 8 heteroatoms. The molecule has 0 spiro atoms. The molecule has 0 saturated carbocycles. The molecule has 1 aromatic carbocycles. The van der Waals surface area contributed by atoms with Crippen molar-refractivity contribution in [3.05, 3.63) is 29.8 Å². The number of alkyl carbamates (subject to hydrolysis) is 1. The number of carbonyl (C=O) groups excluding carboxylic acids is 1. The number of alkyl halides is 2. The van der Waals surface area contributed by atoms with E-state index in [0.29, 0.717) is 0 Å². The number of hydrogen-bond donors (Lipinski definition) is 2. The summed E-state index contributed by atoms with van der Waals surface area (Å²) in [5.74, 6) is -1.59. The van der Waals surface area contributed by atoms with E-state index in [1.165, 1.54) is 18.2 Å². The maximum atomic E-state index is 13.6. The minimum Gasteiger partial charge on any atom is -0.478 e. The van der Waals surface area contributed by atoms with Gasteiger partial charge in [-0.25, -0.2) is 9.59 Å². The van der Waals surface area contributed by atoms with Gasteiger partial charge in [-0.05, 0) is 39.0 Å². The van der Waals surface area contributed by atoms with E-state index in [1.54, 1.807) is 20.8 Å². The minimum absolute atomic E-state index is 0.187. The number of hydrogen-bond acceptors (Lipinski definition) is 4. The number of benzene rings is 1. The van der Waals surface area contributed by atoms with Crippen molar-refractivity contribution in [2.24, 2.45) is 0 Å². The summed E-state index contributed by atoms with van der Waals surface area (Å²) in [5.41, 5.74) is -0.996. The molecule has 1 aromatic rings. The number of ether oxygens (including phenoxy) is 2. The van der Waals surface area contributed by atoms with Gasteiger partial charge in [-0.2, -0.15) is 8.78 Å². The largest absolute Gasteiger partial charge is 0.478 e. The molecule has 6 nitrogen and oxygen atoms in total. The fourth-order valence-electron chi connectivity index (χ4n) is 1.39. The molecule has 1 rings (SSSR count). The summed E-state index contributed by atoms with van der Waals surface area (Å²) in [6, 6.07) is 4.67. The average Bonchev–Trinajstić information content (AvgIpc) is 2.34. The van der Waals surface area contributed by atoms with E-state index in [2.05, 4.69) is 4.74 Å². The Morgan fingerprint density at radius 2 is 1.91 bits per heavy atom.